The van der Waals surface area contributed by atoms with Gasteiger partial charge in [-0.25, -0.2) is 8.42 Å². The van der Waals surface area contributed by atoms with Crippen molar-refractivity contribution in [3.63, 3.8) is 0 Å². The highest BCUT2D eigenvalue weighted by Gasteiger charge is 2.41. The van der Waals surface area contributed by atoms with Gasteiger partial charge < -0.3 is 4.90 Å². The molecule has 5 nitrogen and oxygen atoms in total. The van der Waals surface area contributed by atoms with E-state index in [1.54, 1.807) is 6.07 Å². The molecule has 8 heteroatoms. The van der Waals surface area contributed by atoms with E-state index in [4.69, 9.17) is 23.2 Å². The van der Waals surface area contributed by atoms with Crippen LogP contribution in [0.2, 0.25) is 10.0 Å². The van der Waals surface area contributed by atoms with Crippen LogP contribution in [-0.2, 0) is 14.8 Å². The zero-order valence-corrected chi connectivity index (χ0v) is 17.4. The fraction of sp³-hybridized carbons (Fsp3) is 0.632. The van der Waals surface area contributed by atoms with E-state index < -0.39 is 10.0 Å². The second-order valence-electron chi connectivity index (χ2n) is 8.00. The molecule has 148 valence electrons. The van der Waals surface area contributed by atoms with Crippen LogP contribution in [-0.4, -0.2) is 49.7 Å². The second-order valence-corrected chi connectivity index (χ2v) is 10.7. The fourth-order valence-electron chi connectivity index (χ4n) is 4.97. The predicted octanol–water partition coefficient (Wildman–Crippen LogP) is 3.65. The van der Waals surface area contributed by atoms with Gasteiger partial charge in [0.2, 0.25) is 15.9 Å². The molecule has 0 N–H and O–H groups in total. The molecule has 0 aromatic heterocycles. The molecule has 3 fully saturated rings. The Morgan fingerprint density at radius 3 is 2.44 bits per heavy atom. The molecule has 0 unspecified atom stereocenters. The Hall–Kier alpha value is -0.820. The van der Waals surface area contributed by atoms with Gasteiger partial charge in [0.05, 0.1) is 5.02 Å². The van der Waals surface area contributed by atoms with Crippen LogP contribution < -0.4 is 0 Å². The number of hydrogen-bond donors (Lipinski definition) is 0. The van der Waals surface area contributed by atoms with E-state index in [9.17, 15) is 13.2 Å². The lowest BCUT2D eigenvalue weighted by Crippen LogP contribution is -2.50. The van der Waals surface area contributed by atoms with Crippen molar-refractivity contribution in [2.75, 3.05) is 26.2 Å². The Balaban J connectivity index is 1.37. The summed E-state index contributed by atoms with van der Waals surface area (Å²) in [5.41, 5.74) is 0. The summed E-state index contributed by atoms with van der Waals surface area (Å²) >= 11 is 12.0. The van der Waals surface area contributed by atoms with Gasteiger partial charge in [0.25, 0.3) is 0 Å². The summed E-state index contributed by atoms with van der Waals surface area (Å²) < 4.78 is 27.2. The Morgan fingerprint density at radius 2 is 1.81 bits per heavy atom. The number of carbonyl (C=O) groups is 1. The minimum absolute atomic E-state index is 0.0263. The molecular formula is C19H24Cl2N2O3S. The van der Waals surface area contributed by atoms with E-state index in [2.05, 4.69) is 0 Å². The molecule has 0 spiro atoms. The van der Waals surface area contributed by atoms with Crippen LogP contribution in [0, 0.1) is 17.8 Å². The molecule has 27 heavy (non-hydrogen) atoms. The van der Waals surface area contributed by atoms with Gasteiger partial charge in [-0.3, -0.25) is 4.79 Å². The van der Waals surface area contributed by atoms with Crippen molar-refractivity contribution in [2.24, 2.45) is 17.8 Å². The number of rotatable bonds is 4. The first-order valence-corrected chi connectivity index (χ1v) is 11.8. The monoisotopic (exact) mass is 430 g/mol. The highest BCUT2D eigenvalue weighted by atomic mass is 35.5. The molecular weight excluding hydrogens is 407 g/mol. The molecule has 3 atom stereocenters. The van der Waals surface area contributed by atoms with E-state index in [0.717, 1.165) is 11.8 Å². The highest BCUT2D eigenvalue weighted by molar-refractivity contribution is 7.89. The number of hydrogen-bond acceptors (Lipinski definition) is 3. The molecule has 1 aromatic carbocycles. The first-order valence-electron chi connectivity index (χ1n) is 9.57. The lowest BCUT2D eigenvalue weighted by atomic mass is 9.86. The third-order valence-electron chi connectivity index (χ3n) is 6.42. The van der Waals surface area contributed by atoms with E-state index in [-0.39, 0.29) is 28.9 Å². The van der Waals surface area contributed by atoms with Gasteiger partial charge >= 0.3 is 0 Å². The summed E-state index contributed by atoms with van der Waals surface area (Å²) in [7, 11) is -3.71. The molecule has 1 saturated heterocycles. The van der Waals surface area contributed by atoms with Crippen molar-refractivity contribution in [3.8, 4) is 0 Å². The maximum absolute atomic E-state index is 12.9. The average molecular weight is 431 g/mol. The SMILES string of the molecule is O=C(C[C@H]1C[C@H]2CC[C@H]1C2)N1CCN(S(=O)(=O)c2cc(Cl)ccc2Cl)CC1. The zero-order chi connectivity index (χ0) is 19.2. The highest BCUT2D eigenvalue weighted by Crippen LogP contribution is 2.49. The molecule has 1 aromatic rings. The fourth-order valence-corrected chi connectivity index (χ4v) is 7.13. The van der Waals surface area contributed by atoms with Crippen molar-refractivity contribution < 1.29 is 13.2 Å². The summed E-state index contributed by atoms with van der Waals surface area (Å²) in [5.74, 6) is 2.26. The van der Waals surface area contributed by atoms with E-state index in [1.807, 2.05) is 4.90 Å². The van der Waals surface area contributed by atoms with Gasteiger partial charge in [-0.05, 0) is 55.2 Å². The molecule has 1 heterocycles. The Labute approximate surface area is 170 Å². The van der Waals surface area contributed by atoms with Gasteiger partial charge in [0.15, 0.2) is 0 Å². The molecule has 2 bridgehead atoms. The molecule has 1 amide bonds. The smallest absolute Gasteiger partial charge is 0.244 e. The van der Waals surface area contributed by atoms with Crippen LogP contribution >= 0.6 is 23.2 Å². The quantitative estimate of drug-likeness (QED) is 0.731. The Kier molecular flexibility index (Phi) is 5.45. The standard InChI is InChI=1S/C19H24Cl2N2O3S/c20-16-3-4-17(21)18(12-16)27(25,26)23-7-5-22(6-8-23)19(24)11-15-10-13-1-2-14(15)9-13/h3-4,12-15H,1-2,5-11H2/t13-,14-,15+/m0/s1. The molecule has 2 aliphatic carbocycles. The summed E-state index contributed by atoms with van der Waals surface area (Å²) in [6.07, 6.45) is 5.71. The maximum atomic E-state index is 12.9. The number of carbonyl (C=O) groups excluding carboxylic acids is 1. The van der Waals surface area contributed by atoms with E-state index in [0.29, 0.717) is 30.5 Å². The van der Waals surface area contributed by atoms with Gasteiger partial charge in [0.1, 0.15) is 4.90 Å². The maximum Gasteiger partial charge on any atom is 0.244 e. The molecule has 3 aliphatic rings. The van der Waals surface area contributed by atoms with Crippen LogP contribution in [0.5, 0.6) is 0 Å². The largest absolute Gasteiger partial charge is 0.340 e. The number of piperazine rings is 1. The van der Waals surface area contributed by atoms with Crippen LogP contribution in [0.3, 0.4) is 0 Å². The van der Waals surface area contributed by atoms with Gasteiger partial charge in [0, 0.05) is 37.6 Å². The predicted molar refractivity (Wildman–Crippen MR) is 105 cm³/mol. The molecule has 4 rings (SSSR count). The van der Waals surface area contributed by atoms with Gasteiger partial charge in [-0.15, -0.1) is 0 Å². The van der Waals surface area contributed by atoms with Gasteiger partial charge in [-0.2, -0.15) is 4.31 Å². The topological polar surface area (TPSA) is 57.7 Å². The minimum Gasteiger partial charge on any atom is -0.340 e. The number of sulfonamides is 1. The number of halogens is 2. The van der Waals surface area contributed by atoms with E-state index in [1.165, 1.54) is 42.1 Å². The van der Waals surface area contributed by atoms with Crippen molar-refractivity contribution in [1.82, 2.24) is 9.21 Å². The average Bonchev–Trinajstić information content (AvgIpc) is 3.27. The Bertz CT molecular complexity index is 837. The summed E-state index contributed by atoms with van der Waals surface area (Å²) in [5, 5.41) is 0.492. The van der Waals surface area contributed by atoms with Crippen LogP contribution in [0.4, 0.5) is 0 Å². The number of benzene rings is 1. The number of amides is 1. The summed E-state index contributed by atoms with van der Waals surface area (Å²) in [4.78, 5) is 14.5. The first-order chi connectivity index (χ1) is 12.8. The summed E-state index contributed by atoms with van der Waals surface area (Å²) in [6, 6.07) is 4.44. The number of fused-ring (bicyclic) bond motifs is 2. The van der Waals surface area contributed by atoms with Crippen LogP contribution in [0.1, 0.15) is 32.1 Å². The van der Waals surface area contributed by atoms with Crippen LogP contribution in [0.25, 0.3) is 0 Å². The normalized spacial score (nSPS) is 28.7. The molecule has 1 aliphatic heterocycles. The first kappa shape index (κ1) is 19.5. The van der Waals surface area contributed by atoms with E-state index >= 15 is 0 Å². The Morgan fingerprint density at radius 1 is 1.07 bits per heavy atom. The van der Waals surface area contributed by atoms with Crippen molar-refractivity contribution >= 4 is 39.1 Å². The van der Waals surface area contributed by atoms with Crippen LogP contribution in [0.15, 0.2) is 23.1 Å². The lowest BCUT2D eigenvalue weighted by Gasteiger charge is -2.35. The van der Waals surface area contributed by atoms with Crippen molar-refractivity contribution in [3.05, 3.63) is 28.2 Å². The third-order valence-corrected chi connectivity index (χ3v) is 9.04. The minimum atomic E-state index is -3.71. The lowest BCUT2D eigenvalue weighted by molar-refractivity contribution is -0.133. The summed E-state index contributed by atoms with van der Waals surface area (Å²) in [6.45, 7) is 1.43. The van der Waals surface area contributed by atoms with Gasteiger partial charge in [-0.1, -0.05) is 29.6 Å². The number of nitrogens with zero attached hydrogens (tertiary/aromatic N) is 2. The second kappa shape index (κ2) is 7.54. The van der Waals surface area contributed by atoms with Crippen molar-refractivity contribution in [2.45, 2.75) is 37.0 Å². The van der Waals surface area contributed by atoms with Crippen molar-refractivity contribution in [1.29, 1.82) is 0 Å². The molecule has 0 radical (unpaired) electrons. The third kappa shape index (κ3) is 3.86. The zero-order valence-electron chi connectivity index (χ0n) is 15.1. The molecule has 2 saturated carbocycles.